The van der Waals surface area contributed by atoms with Crippen molar-refractivity contribution in [1.29, 1.82) is 0 Å². The van der Waals surface area contributed by atoms with Crippen LogP contribution in [0.5, 0.6) is 0 Å². The molecule has 0 heterocycles. The van der Waals surface area contributed by atoms with Crippen LogP contribution in [0.25, 0.3) is 0 Å². The van der Waals surface area contributed by atoms with Crippen molar-refractivity contribution in [2.45, 2.75) is 33.2 Å². The predicted octanol–water partition coefficient (Wildman–Crippen LogP) is 3.20. The molecule has 0 saturated carbocycles. The lowest BCUT2D eigenvalue weighted by Crippen LogP contribution is -2.33. The first kappa shape index (κ1) is 12.6. The average Bonchev–Trinajstić information content (AvgIpc) is 2.26. The van der Waals surface area contributed by atoms with E-state index in [1.54, 1.807) is 26.8 Å². The molecule has 1 aromatic rings. The predicted molar refractivity (Wildman–Crippen MR) is 64.2 cm³/mol. The van der Waals surface area contributed by atoms with E-state index in [-0.39, 0.29) is 11.7 Å². The van der Waals surface area contributed by atoms with Crippen LogP contribution in [-0.2, 0) is 10.3 Å². The third-order valence-electron chi connectivity index (χ3n) is 2.77. The van der Waals surface area contributed by atoms with Crippen molar-refractivity contribution in [3.8, 4) is 0 Å². The Hall–Kier alpha value is -1.51. The molecule has 3 heteroatoms. The summed E-state index contributed by atoms with van der Waals surface area (Å²) in [5.74, 6) is -0.351. The molecule has 0 N–H and O–H groups in total. The van der Waals surface area contributed by atoms with Crippen LogP contribution in [0, 0.1) is 17.7 Å². The van der Waals surface area contributed by atoms with Gasteiger partial charge < -0.3 is 0 Å². The minimum Gasteiger partial charge on any atom is -0.296 e. The smallest absolute Gasteiger partial charge is 0.183 e. The number of carbonyl (C=O) groups is 1. The maximum Gasteiger partial charge on any atom is 0.183 e. The van der Waals surface area contributed by atoms with Crippen LogP contribution < -0.4 is 0 Å². The summed E-state index contributed by atoms with van der Waals surface area (Å²) < 4.78 is 0. The summed E-state index contributed by atoms with van der Waals surface area (Å²) in [5.41, 5.74) is 0.422. The zero-order valence-electron chi connectivity index (χ0n) is 10.2. The van der Waals surface area contributed by atoms with E-state index in [0.29, 0.717) is 5.56 Å². The number of hydrogen-bond acceptors (Lipinski definition) is 3. The third-order valence-corrected chi connectivity index (χ3v) is 2.77. The Morgan fingerprint density at radius 2 is 2.00 bits per heavy atom. The second kappa shape index (κ2) is 4.56. The topological polar surface area (TPSA) is 46.5 Å². The Morgan fingerprint density at radius 1 is 1.38 bits per heavy atom. The Bertz CT molecular complexity index is 412. The SMILES string of the molecule is Cc1cccc(C(C)(N=O)C(=O)C(C)C)c1. The van der Waals surface area contributed by atoms with Gasteiger partial charge in [-0.15, -0.1) is 4.91 Å². The summed E-state index contributed by atoms with van der Waals surface area (Å²) >= 11 is 0. The van der Waals surface area contributed by atoms with E-state index in [9.17, 15) is 9.70 Å². The van der Waals surface area contributed by atoms with Gasteiger partial charge in [-0.05, 0) is 19.4 Å². The van der Waals surface area contributed by atoms with Crippen molar-refractivity contribution in [2.24, 2.45) is 11.1 Å². The number of carbonyl (C=O) groups excluding carboxylic acids is 1. The molecule has 1 aromatic carbocycles. The fourth-order valence-electron chi connectivity index (χ4n) is 1.75. The molecule has 0 aliphatic carbocycles. The highest BCUT2D eigenvalue weighted by molar-refractivity contribution is 5.90. The van der Waals surface area contributed by atoms with Crippen LogP contribution in [0.4, 0.5) is 0 Å². The lowest BCUT2D eigenvalue weighted by molar-refractivity contribution is -0.126. The van der Waals surface area contributed by atoms with Gasteiger partial charge in [-0.2, -0.15) is 0 Å². The van der Waals surface area contributed by atoms with E-state index < -0.39 is 5.54 Å². The molecule has 16 heavy (non-hydrogen) atoms. The van der Waals surface area contributed by atoms with Gasteiger partial charge >= 0.3 is 0 Å². The van der Waals surface area contributed by atoms with E-state index in [0.717, 1.165) is 5.56 Å². The molecule has 0 aliphatic rings. The molecule has 0 radical (unpaired) electrons. The Kier molecular flexibility index (Phi) is 3.58. The number of hydrogen-bond donors (Lipinski definition) is 0. The summed E-state index contributed by atoms with van der Waals surface area (Å²) in [5, 5.41) is 3.05. The zero-order chi connectivity index (χ0) is 12.3. The molecular formula is C13H17NO2. The van der Waals surface area contributed by atoms with E-state index in [4.69, 9.17) is 0 Å². The molecule has 1 unspecified atom stereocenters. The van der Waals surface area contributed by atoms with Crippen molar-refractivity contribution >= 4 is 5.78 Å². The summed E-state index contributed by atoms with van der Waals surface area (Å²) in [6.07, 6.45) is 0. The number of benzene rings is 1. The van der Waals surface area contributed by atoms with Crippen molar-refractivity contribution < 1.29 is 4.79 Å². The van der Waals surface area contributed by atoms with Gasteiger partial charge in [0.25, 0.3) is 0 Å². The summed E-state index contributed by atoms with van der Waals surface area (Å²) in [6, 6.07) is 7.37. The van der Waals surface area contributed by atoms with Crippen molar-refractivity contribution in [3.05, 3.63) is 40.3 Å². The largest absolute Gasteiger partial charge is 0.296 e. The van der Waals surface area contributed by atoms with Gasteiger partial charge in [-0.25, -0.2) is 0 Å². The molecule has 0 aromatic heterocycles. The van der Waals surface area contributed by atoms with Crippen molar-refractivity contribution in [1.82, 2.24) is 0 Å². The van der Waals surface area contributed by atoms with Crippen LogP contribution in [-0.4, -0.2) is 5.78 Å². The normalized spacial score (nSPS) is 14.6. The molecule has 86 valence electrons. The van der Waals surface area contributed by atoms with Gasteiger partial charge in [-0.3, -0.25) is 4.79 Å². The summed E-state index contributed by atoms with van der Waals surface area (Å²) in [6.45, 7) is 7.06. The number of nitroso groups, excluding NO2 is 1. The number of ketones is 1. The number of Topliss-reactive ketones (excluding diaryl/α,β-unsaturated/α-hetero) is 1. The highest BCUT2D eigenvalue weighted by Gasteiger charge is 2.38. The lowest BCUT2D eigenvalue weighted by atomic mass is 9.83. The van der Waals surface area contributed by atoms with Crippen LogP contribution in [0.2, 0.25) is 0 Å². The van der Waals surface area contributed by atoms with E-state index in [1.165, 1.54) is 0 Å². The first-order chi connectivity index (χ1) is 7.41. The Labute approximate surface area is 95.8 Å². The molecule has 0 amide bonds. The number of nitrogens with zero attached hydrogens (tertiary/aromatic N) is 1. The molecule has 3 nitrogen and oxygen atoms in total. The zero-order valence-corrected chi connectivity index (χ0v) is 10.2. The third kappa shape index (κ3) is 2.18. The fourth-order valence-corrected chi connectivity index (χ4v) is 1.75. The van der Waals surface area contributed by atoms with Crippen LogP contribution in [0.3, 0.4) is 0 Å². The molecule has 0 aliphatic heterocycles. The van der Waals surface area contributed by atoms with Gasteiger partial charge in [0.2, 0.25) is 0 Å². The molecule has 0 spiro atoms. The highest BCUT2D eigenvalue weighted by Crippen LogP contribution is 2.29. The summed E-state index contributed by atoms with van der Waals surface area (Å²) in [4.78, 5) is 23.0. The Morgan fingerprint density at radius 3 is 2.44 bits per heavy atom. The summed E-state index contributed by atoms with van der Waals surface area (Å²) in [7, 11) is 0. The van der Waals surface area contributed by atoms with Gasteiger partial charge in [-0.1, -0.05) is 48.9 Å². The molecule has 1 atom stereocenters. The van der Waals surface area contributed by atoms with Gasteiger partial charge in [0.05, 0.1) is 0 Å². The first-order valence-corrected chi connectivity index (χ1v) is 5.38. The van der Waals surface area contributed by atoms with Gasteiger partial charge in [0.15, 0.2) is 11.3 Å². The number of rotatable bonds is 4. The van der Waals surface area contributed by atoms with E-state index in [1.807, 2.05) is 25.1 Å². The second-order valence-electron chi connectivity index (χ2n) is 4.55. The van der Waals surface area contributed by atoms with E-state index in [2.05, 4.69) is 5.18 Å². The maximum absolute atomic E-state index is 12.0. The number of aryl methyl sites for hydroxylation is 1. The molecule has 0 bridgehead atoms. The standard InChI is InChI=1S/C13H17NO2/c1-9(2)12(15)13(4,14-16)11-7-5-6-10(3)8-11/h5-9H,1-4H3. The molecule has 1 rings (SSSR count). The Balaban J connectivity index is 3.25. The second-order valence-corrected chi connectivity index (χ2v) is 4.55. The van der Waals surface area contributed by atoms with Crippen molar-refractivity contribution in [3.63, 3.8) is 0 Å². The average molecular weight is 219 g/mol. The highest BCUT2D eigenvalue weighted by atomic mass is 16.3. The van der Waals surface area contributed by atoms with Crippen LogP contribution in [0.15, 0.2) is 29.4 Å². The fraction of sp³-hybridized carbons (Fsp3) is 0.462. The van der Waals surface area contributed by atoms with Gasteiger partial charge in [0.1, 0.15) is 0 Å². The van der Waals surface area contributed by atoms with Crippen molar-refractivity contribution in [2.75, 3.05) is 0 Å². The molecule has 0 saturated heterocycles. The maximum atomic E-state index is 12.0. The van der Waals surface area contributed by atoms with E-state index >= 15 is 0 Å². The first-order valence-electron chi connectivity index (χ1n) is 5.38. The van der Waals surface area contributed by atoms with Crippen LogP contribution >= 0.6 is 0 Å². The quantitative estimate of drug-likeness (QED) is 0.730. The van der Waals surface area contributed by atoms with Gasteiger partial charge in [0, 0.05) is 5.92 Å². The monoisotopic (exact) mass is 219 g/mol. The minimum absolute atomic E-state index is 0.145. The molecular weight excluding hydrogens is 202 g/mol. The molecule has 0 fully saturated rings. The van der Waals surface area contributed by atoms with Crippen LogP contribution in [0.1, 0.15) is 31.9 Å². The minimum atomic E-state index is -1.26. The lowest BCUT2D eigenvalue weighted by Gasteiger charge is -2.22.